The summed E-state index contributed by atoms with van der Waals surface area (Å²) < 4.78 is 11.2. The van der Waals surface area contributed by atoms with Gasteiger partial charge in [-0.1, -0.05) is 19.9 Å². The summed E-state index contributed by atoms with van der Waals surface area (Å²) in [5, 5.41) is 3.23. The summed E-state index contributed by atoms with van der Waals surface area (Å²) in [4.78, 5) is 0. The van der Waals surface area contributed by atoms with Gasteiger partial charge in [-0.15, -0.1) is 0 Å². The van der Waals surface area contributed by atoms with Crippen LogP contribution >= 0.6 is 0 Å². The zero-order valence-corrected chi connectivity index (χ0v) is 11.5. The van der Waals surface area contributed by atoms with Gasteiger partial charge in [-0.3, -0.25) is 0 Å². The third-order valence-corrected chi connectivity index (χ3v) is 3.50. The maximum Gasteiger partial charge on any atom is 0.161 e. The number of hydrogen-bond acceptors (Lipinski definition) is 3. The molecule has 1 N–H and O–H groups in total. The molecule has 0 amide bonds. The Morgan fingerprint density at radius 2 is 1.89 bits per heavy atom. The fraction of sp³-hybridized carbons (Fsp3) is 0.600. The number of ether oxygens (including phenoxy) is 2. The van der Waals surface area contributed by atoms with Gasteiger partial charge in [0.2, 0.25) is 0 Å². The Bertz CT molecular complexity index is 390. The summed E-state index contributed by atoms with van der Waals surface area (Å²) in [7, 11) is 2.00. The lowest BCUT2D eigenvalue weighted by Gasteiger charge is -2.24. The minimum atomic E-state index is 0.563. The lowest BCUT2D eigenvalue weighted by molar-refractivity contribution is 0.171. The van der Waals surface area contributed by atoms with E-state index in [-0.39, 0.29) is 0 Å². The van der Waals surface area contributed by atoms with Crippen LogP contribution in [0.3, 0.4) is 0 Å². The lowest BCUT2D eigenvalue weighted by atomic mass is 9.85. The molecule has 1 aliphatic rings. The molecule has 1 aromatic rings. The molecule has 3 heteroatoms. The van der Waals surface area contributed by atoms with Crippen molar-refractivity contribution in [1.82, 2.24) is 5.32 Å². The van der Waals surface area contributed by atoms with Crippen LogP contribution in [0.5, 0.6) is 11.5 Å². The Kier molecular flexibility index (Phi) is 4.48. The van der Waals surface area contributed by atoms with E-state index in [4.69, 9.17) is 9.47 Å². The zero-order valence-electron chi connectivity index (χ0n) is 11.5. The maximum absolute atomic E-state index is 5.66. The molecule has 0 aliphatic carbocycles. The van der Waals surface area contributed by atoms with Crippen molar-refractivity contribution in [2.24, 2.45) is 5.92 Å². The summed E-state index contributed by atoms with van der Waals surface area (Å²) in [5.74, 6) is 2.96. The monoisotopic (exact) mass is 249 g/mol. The van der Waals surface area contributed by atoms with Crippen LogP contribution in [0.1, 0.15) is 31.7 Å². The van der Waals surface area contributed by atoms with Gasteiger partial charge in [0.15, 0.2) is 11.5 Å². The Balaban J connectivity index is 2.19. The van der Waals surface area contributed by atoms with E-state index in [2.05, 4.69) is 31.3 Å². The average Bonchev–Trinajstić information content (AvgIpc) is 2.38. The Hall–Kier alpha value is -1.22. The Morgan fingerprint density at radius 3 is 2.56 bits per heavy atom. The van der Waals surface area contributed by atoms with Gasteiger partial charge in [0.25, 0.3) is 0 Å². The van der Waals surface area contributed by atoms with Gasteiger partial charge >= 0.3 is 0 Å². The molecule has 1 unspecified atom stereocenters. The molecular weight excluding hydrogens is 226 g/mol. The molecule has 100 valence electrons. The molecule has 0 bridgehead atoms. The second-order valence-corrected chi connectivity index (χ2v) is 5.15. The highest BCUT2D eigenvalue weighted by atomic mass is 16.6. The average molecular weight is 249 g/mol. The number of hydrogen-bond donors (Lipinski definition) is 1. The summed E-state index contributed by atoms with van der Waals surface area (Å²) >= 11 is 0. The molecule has 0 fully saturated rings. The first-order valence-corrected chi connectivity index (χ1v) is 6.76. The molecule has 1 aliphatic heterocycles. The van der Waals surface area contributed by atoms with Crippen LogP contribution < -0.4 is 14.8 Å². The van der Waals surface area contributed by atoms with Gasteiger partial charge in [-0.2, -0.15) is 0 Å². The van der Waals surface area contributed by atoms with Crippen LogP contribution in [0.4, 0.5) is 0 Å². The molecular formula is C15H23NO2. The van der Waals surface area contributed by atoms with Crippen LogP contribution in [0.2, 0.25) is 0 Å². The fourth-order valence-electron chi connectivity index (χ4n) is 2.48. The number of benzene rings is 1. The number of nitrogens with one attached hydrogen (secondary N) is 1. The molecule has 18 heavy (non-hydrogen) atoms. The van der Waals surface area contributed by atoms with Gasteiger partial charge in [-0.05, 0) is 49.5 Å². The fourth-order valence-corrected chi connectivity index (χ4v) is 2.48. The predicted molar refractivity (Wildman–Crippen MR) is 73.6 cm³/mol. The summed E-state index contributed by atoms with van der Waals surface area (Å²) in [5.41, 5.74) is 1.35. The highest BCUT2D eigenvalue weighted by Crippen LogP contribution is 2.36. The molecule has 1 aromatic carbocycles. The van der Waals surface area contributed by atoms with E-state index in [0.29, 0.717) is 25.0 Å². The smallest absolute Gasteiger partial charge is 0.161 e. The van der Waals surface area contributed by atoms with E-state index in [9.17, 15) is 0 Å². The molecule has 0 saturated carbocycles. The molecule has 3 nitrogen and oxygen atoms in total. The van der Waals surface area contributed by atoms with Gasteiger partial charge < -0.3 is 14.8 Å². The van der Waals surface area contributed by atoms with Gasteiger partial charge in [-0.25, -0.2) is 0 Å². The normalized spacial score (nSPS) is 15.8. The standard InChI is InChI=1S/C15H23NO2/c1-11(2)13(6-7-16-3)12-4-5-14-15(10-12)18-9-8-17-14/h4-5,10-11,13,16H,6-9H2,1-3H3. The van der Waals surface area contributed by atoms with Crippen LogP contribution in [0, 0.1) is 5.92 Å². The Morgan fingerprint density at radius 1 is 1.17 bits per heavy atom. The van der Waals surface area contributed by atoms with Gasteiger partial charge in [0.1, 0.15) is 13.2 Å². The minimum absolute atomic E-state index is 0.563. The number of fused-ring (bicyclic) bond motifs is 1. The minimum Gasteiger partial charge on any atom is -0.486 e. The van der Waals surface area contributed by atoms with Crippen molar-refractivity contribution < 1.29 is 9.47 Å². The second kappa shape index (κ2) is 6.10. The summed E-state index contributed by atoms with van der Waals surface area (Å²) in [6, 6.07) is 6.36. The third kappa shape index (κ3) is 2.96. The van der Waals surface area contributed by atoms with Gasteiger partial charge in [0.05, 0.1) is 0 Å². The van der Waals surface area contributed by atoms with Crippen LogP contribution in [-0.2, 0) is 0 Å². The largest absolute Gasteiger partial charge is 0.486 e. The van der Waals surface area contributed by atoms with Crippen molar-refractivity contribution >= 4 is 0 Å². The zero-order chi connectivity index (χ0) is 13.0. The van der Waals surface area contributed by atoms with Gasteiger partial charge in [0, 0.05) is 0 Å². The highest BCUT2D eigenvalue weighted by Gasteiger charge is 2.19. The van der Waals surface area contributed by atoms with E-state index in [1.807, 2.05) is 13.1 Å². The quantitative estimate of drug-likeness (QED) is 0.870. The van der Waals surface area contributed by atoms with Crippen LogP contribution in [0.15, 0.2) is 18.2 Å². The molecule has 2 rings (SSSR count). The van der Waals surface area contributed by atoms with E-state index in [1.54, 1.807) is 0 Å². The van der Waals surface area contributed by atoms with E-state index in [0.717, 1.165) is 24.5 Å². The third-order valence-electron chi connectivity index (χ3n) is 3.50. The lowest BCUT2D eigenvalue weighted by Crippen LogP contribution is -2.18. The summed E-state index contributed by atoms with van der Waals surface area (Å²) in [6.07, 6.45) is 1.15. The first kappa shape index (κ1) is 13.2. The van der Waals surface area contributed by atoms with E-state index < -0.39 is 0 Å². The van der Waals surface area contributed by atoms with Crippen molar-refractivity contribution in [2.75, 3.05) is 26.8 Å². The van der Waals surface area contributed by atoms with Crippen molar-refractivity contribution in [3.05, 3.63) is 23.8 Å². The molecule has 1 atom stereocenters. The topological polar surface area (TPSA) is 30.5 Å². The molecule has 0 radical (unpaired) electrons. The molecule has 0 spiro atoms. The van der Waals surface area contributed by atoms with E-state index >= 15 is 0 Å². The first-order valence-electron chi connectivity index (χ1n) is 6.76. The highest BCUT2D eigenvalue weighted by molar-refractivity contribution is 5.44. The van der Waals surface area contributed by atoms with Crippen molar-refractivity contribution in [1.29, 1.82) is 0 Å². The van der Waals surface area contributed by atoms with Crippen molar-refractivity contribution in [3.63, 3.8) is 0 Å². The maximum atomic E-state index is 5.66. The summed E-state index contributed by atoms with van der Waals surface area (Å²) in [6.45, 7) is 6.89. The number of rotatable bonds is 5. The van der Waals surface area contributed by atoms with E-state index in [1.165, 1.54) is 5.56 Å². The SMILES string of the molecule is CNCCC(c1ccc2c(c1)OCCO2)C(C)C. The molecule has 0 saturated heterocycles. The van der Waals surface area contributed by atoms with Crippen LogP contribution in [-0.4, -0.2) is 26.8 Å². The van der Waals surface area contributed by atoms with Crippen LogP contribution in [0.25, 0.3) is 0 Å². The van der Waals surface area contributed by atoms with Crippen molar-refractivity contribution in [2.45, 2.75) is 26.2 Å². The predicted octanol–water partition coefficient (Wildman–Crippen LogP) is 2.81. The second-order valence-electron chi connectivity index (χ2n) is 5.15. The first-order chi connectivity index (χ1) is 8.72. The van der Waals surface area contributed by atoms with Crippen molar-refractivity contribution in [3.8, 4) is 11.5 Å². The Labute approximate surface area is 109 Å². The molecule has 0 aromatic heterocycles. The molecule has 1 heterocycles.